The van der Waals surface area contributed by atoms with Crippen molar-refractivity contribution in [2.75, 3.05) is 44.2 Å². The maximum Gasteiger partial charge on any atom is 0.128 e. The lowest BCUT2D eigenvalue weighted by molar-refractivity contribution is 0.258. The van der Waals surface area contributed by atoms with Crippen LogP contribution in [0.3, 0.4) is 0 Å². The number of nitrogens with one attached hydrogen (secondary N) is 1. The molecule has 0 saturated carbocycles. The van der Waals surface area contributed by atoms with Gasteiger partial charge in [-0.05, 0) is 37.6 Å². The first-order chi connectivity index (χ1) is 10.2. The number of anilines is 1. The zero-order chi connectivity index (χ0) is 15.1. The fourth-order valence-electron chi connectivity index (χ4n) is 2.69. The fourth-order valence-corrected chi connectivity index (χ4v) is 2.86. The van der Waals surface area contributed by atoms with Gasteiger partial charge < -0.3 is 10.2 Å². The lowest BCUT2D eigenvalue weighted by Crippen LogP contribution is -2.46. The summed E-state index contributed by atoms with van der Waals surface area (Å²) < 4.78 is 0. The number of rotatable bonds is 7. The highest BCUT2D eigenvalue weighted by Crippen LogP contribution is 2.21. The molecule has 0 unspecified atom stereocenters. The summed E-state index contributed by atoms with van der Waals surface area (Å²) >= 11 is 6.25. The van der Waals surface area contributed by atoms with Crippen molar-refractivity contribution in [1.29, 1.82) is 0 Å². The summed E-state index contributed by atoms with van der Waals surface area (Å²) in [6.07, 6.45) is 4.15. The number of hydrogen-bond donors (Lipinski definition) is 1. The van der Waals surface area contributed by atoms with E-state index >= 15 is 0 Å². The molecule has 1 fully saturated rings. The summed E-state index contributed by atoms with van der Waals surface area (Å²) in [5.41, 5.74) is 1.14. The van der Waals surface area contributed by atoms with E-state index in [1.165, 1.54) is 13.0 Å². The van der Waals surface area contributed by atoms with E-state index in [4.69, 9.17) is 11.6 Å². The van der Waals surface area contributed by atoms with Crippen LogP contribution in [0.1, 0.15) is 32.3 Å². The van der Waals surface area contributed by atoms with E-state index in [2.05, 4.69) is 40.0 Å². The Kier molecular flexibility index (Phi) is 6.74. The molecule has 1 aromatic rings. The van der Waals surface area contributed by atoms with Gasteiger partial charge in [0.1, 0.15) is 5.82 Å². The zero-order valence-corrected chi connectivity index (χ0v) is 14.0. The summed E-state index contributed by atoms with van der Waals surface area (Å²) in [4.78, 5) is 9.40. The molecule has 2 rings (SSSR count). The second kappa shape index (κ2) is 8.57. The number of aromatic nitrogens is 1. The third-order valence-corrected chi connectivity index (χ3v) is 4.24. The predicted molar refractivity (Wildman–Crippen MR) is 90.2 cm³/mol. The highest BCUT2D eigenvalue weighted by atomic mass is 35.5. The SMILES string of the molecule is CCCNCc1cc(N2CCN(CCC)CC2)ncc1Cl. The molecule has 1 aliphatic rings. The second-order valence-corrected chi connectivity index (χ2v) is 6.05. The molecule has 2 heterocycles. The molecular formula is C16H27ClN4. The molecule has 0 amide bonds. The molecule has 4 nitrogen and oxygen atoms in total. The highest BCUT2D eigenvalue weighted by Gasteiger charge is 2.18. The smallest absolute Gasteiger partial charge is 0.128 e. The normalized spacial score (nSPS) is 16.4. The van der Waals surface area contributed by atoms with E-state index in [1.807, 2.05) is 0 Å². The molecule has 0 radical (unpaired) electrons. The Labute approximate surface area is 133 Å². The van der Waals surface area contributed by atoms with Crippen molar-refractivity contribution >= 4 is 17.4 Å². The van der Waals surface area contributed by atoms with Crippen molar-refractivity contribution in [3.05, 3.63) is 22.8 Å². The van der Waals surface area contributed by atoms with E-state index in [-0.39, 0.29) is 0 Å². The van der Waals surface area contributed by atoms with Crippen LogP contribution in [0.25, 0.3) is 0 Å². The maximum atomic E-state index is 6.25. The van der Waals surface area contributed by atoms with Crippen molar-refractivity contribution in [1.82, 2.24) is 15.2 Å². The van der Waals surface area contributed by atoms with Gasteiger partial charge in [0.25, 0.3) is 0 Å². The second-order valence-electron chi connectivity index (χ2n) is 5.64. The van der Waals surface area contributed by atoms with Crippen molar-refractivity contribution in [2.24, 2.45) is 0 Å². The van der Waals surface area contributed by atoms with E-state index < -0.39 is 0 Å². The van der Waals surface area contributed by atoms with Crippen molar-refractivity contribution in [2.45, 2.75) is 33.2 Å². The van der Waals surface area contributed by atoms with E-state index in [1.54, 1.807) is 6.20 Å². The fraction of sp³-hybridized carbons (Fsp3) is 0.688. The summed E-state index contributed by atoms with van der Waals surface area (Å²) in [5, 5.41) is 4.16. The van der Waals surface area contributed by atoms with Gasteiger partial charge in [0.15, 0.2) is 0 Å². The molecule has 0 aliphatic carbocycles. The summed E-state index contributed by atoms with van der Waals surface area (Å²) in [6, 6.07) is 2.14. The van der Waals surface area contributed by atoms with Gasteiger partial charge in [-0.3, -0.25) is 4.90 Å². The van der Waals surface area contributed by atoms with E-state index in [9.17, 15) is 0 Å². The molecule has 1 saturated heterocycles. The molecule has 0 atom stereocenters. The Hall–Kier alpha value is -0.840. The van der Waals surface area contributed by atoms with Crippen LogP contribution < -0.4 is 10.2 Å². The lowest BCUT2D eigenvalue weighted by atomic mass is 10.2. The molecular weight excluding hydrogens is 284 g/mol. The quantitative estimate of drug-likeness (QED) is 0.785. The first-order valence-corrected chi connectivity index (χ1v) is 8.44. The van der Waals surface area contributed by atoms with Gasteiger partial charge in [0, 0.05) is 38.9 Å². The Morgan fingerprint density at radius 3 is 2.62 bits per heavy atom. The topological polar surface area (TPSA) is 31.4 Å². The Bertz CT molecular complexity index is 430. The summed E-state index contributed by atoms with van der Waals surface area (Å²) in [5.74, 6) is 1.06. The summed E-state index contributed by atoms with van der Waals surface area (Å²) in [7, 11) is 0. The van der Waals surface area contributed by atoms with Crippen molar-refractivity contribution in [3.8, 4) is 0 Å². The van der Waals surface area contributed by atoms with Crippen LogP contribution in [-0.2, 0) is 6.54 Å². The van der Waals surface area contributed by atoms with Gasteiger partial charge in [0.05, 0.1) is 5.02 Å². The van der Waals surface area contributed by atoms with Gasteiger partial charge in [-0.1, -0.05) is 25.4 Å². The van der Waals surface area contributed by atoms with Crippen molar-refractivity contribution < 1.29 is 0 Å². The highest BCUT2D eigenvalue weighted by molar-refractivity contribution is 6.31. The number of halogens is 1. The number of pyridine rings is 1. The molecule has 1 N–H and O–H groups in total. The minimum atomic E-state index is 0.756. The number of hydrogen-bond acceptors (Lipinski definition) is 4. The average Bonchev–Trinajstić information content (AvgIpc) is 2.51. The molecule has 0 aromatic carbocycles. The minimum Gasteiger partial charge on any atom is -0.354 e. The number of nitrogens with zero attached hydrogens (tertiary/aromatic N) is 3. The van der Waals surface area contributed by atoms with E-state index in [0.29, 0.717) is 0 Å². The first kappa shape index (κ1) is 16.5. The molecule has 5 heteroatoms. The monoisotopic (exact) mass is 310 g/mol. The largest absolute Gasteiger partial charge is 0.354 e. The first-order valence-electron chi connectivity index (χ1n) is 8.07. The van der Waals surface area contributed by atoms with Crippen LogP contribution in [0.4, 0.5) is 5.82 Å². The Balaban J connectivity index is 1.95. The lowest BCUT2D eigenvalue weighted by Gasteiger charge is -2.35. The van der Waals surface area contributed by atoms with Gasteiger partial charge in [0.2, 0.25) is 0 Å². The average molecular weight is 311 g/mol. The van der Waals surface area contributed by atoms with Gasteiger partial charge >= 0.3 is 0 Å². The summed E-state index contributed by atoms with van der Waals surface area (Å²) in [6.45, 7) is 11.8. The van der Waals surface area contributed by atoms with Crippen molar-refractivity contribution in [3.63, 3.8) is 0 Å². The number of piperazine rings is 1. The van der Waals surface area contributed by atoms with Gasteiger partial charge in [-0.2, -0.15) is 0 Å². The molecule has 1 aromatic heterocycles. The van der Waals surface area contributed by atoms with Gasteiger partial charge in [-0.25, -0.2) is 4.98 Å². The van der Waals surface area contributed by atoms with Crippen LogP contribution in [-0.4, -0.2) is 49.2 Å². The van der Waals surface area contributed by atoms with Crippen LogP contribution in [0.2, 0.25) is 5.02 Å². The third kappa shape index (κ3) is 4.83. The Morgan fingerprint density at radius 1 is 1.19 bits per heavy atom. The van der Waals surface area contributed by atoms with Crippen LogP contribution in [0.5, 0.6) is 0 Å². The Morgan fingerprint density at radius 2 is 1.95 bits per heavy atom. The molecule has 0 bridgehead atoms. The van der Waals surface area contributed by atoms with Crippen LogP contribution >= 0.6 is 11.6 Å². The molecule has 118 valence electrons. The third-order valence-electron chi connectivity index (χ3n) is 3.90. The van der Waals surface area contributed by atoms with E-state index in [0.717, 1.165) is 62.1 Å². The minimum absolute atomic E-state index is 0.756. The molecule has 0 spiro atoms. The predicted octanol–water partition coefficient (Wildman–Crippen LogP) is 2.77. The molecule has 1 aliphatic heterocycles. The van der Waals surface area contributed by atoms with Gasteiger partial charge in [-0.15, -0.1) is 0 Å². The van der Waals surface area contributed by atoms with Crippen LogP contribution in [0, 0.1) is 0 Å². The zero-order valence-electron chi connectivity index (χ0n) is 13.2. The maximum absolute atomic E-state index is 6.25. The standard InChI is InChI=1S/C16H27ClN4/c1-3-5-18-12-14-11-16(19-13-15(14)17)21-9-7-20(6-4-2)8-10-21/h11,13,18H,3-10,12H2,1-2H3. The molecule has 21 heavy (non-hydrogen) atoms. The van der Waals surface area contributed by atoms with Crippen LogP contribution in [0.15, 0.2) is 12.3 Å².